The second-order valence-corrected chi connectivity index (χ2v) is 7.01. The lowest BCUT2D eigenvalue weighted by molar-refractivity contribution is 0.473. The minimum absolute atomic E-state index is 0.652. The van der Waals surface area contributed by atoms with Crippen LogP contribution in [0, 0.1) is 5.92 Å². The zero-order chi connectivity index (χ0) is 14.2. The van der Waals surface area contributed by atoms with E-state index in [0.29, 0.717) is 5.92 Å². The molecule has 108 valence electrons. The molecule has 0 aliphatic heterocycles. The zero-order valence-electron chi connectivity index (χ0n) is 11.9. The van der Waals surface area contributed by atoms with Crippen LogP contribution in [0.4, 0.5) is 0 Å². The second-order valence-electron chi connectivity index (χ2n) is 5.16. The highest BCUT2D eigenvalue weighted by atomic mass is 79.9. The Morgan fingerprint density at radius 3 is 2.60 bits per heavy atom. The molecule has 2 aromatic rings. The molecule has 0 radical (unpaired) electrons. The number of thiophene rings is 1. The van der Waals surface area contributed by atoms with Crippen LogP contribution in [0.3, 0.4) is 0 Å². The van der Waals surface area contributed by atoms with Crippen LogP contribution in [0.15, 0.2) is 46.3 Å². The summed E-state index contributed by atoms with van der Waals surface area (Å²) in [6, 6.07) is 13.0. The Bertz CT molecular complexity index is 495. The predicted molar refractivity (Wildman–Crippen MR) is 92.5 cm³/mol. The van der Waals surface area contributed by atoms with Gasteiger partial charge in [-0.15, -0.1) is 11.3 Å². The molecule has 1 aromatic heterocycles. The lowest BCUT2D eigenvalue weighted by Crippen LogP contribution is -2.26. The highest BCUT2D eigenvalue weighted by Gasteiger charge is 2.13. The van der Waals surface area contributed by atoms with Gasteiger partial charge in [0.15, 0.2) is 0 Å². The molecule has 2 rings (SSSR count). The first-order valence-electron chi connectivity index (χ1n) is 7.26. The Morgan fingerprint density at radius 1 is 1.15 bits per heavy atom. The molecule has 0 fully saturated rings. The van der Waals surface area contributed by atoms with Gasteiger partial charge in [-0.1, -0.05) is 37.3 Å². The predicted octanol–water partition coefficient (Wildman–Crippen LogP) is 4.91. The fourth-order valence-corrected chi connectivity index (χ4v) is 4.01. The van der Waals surface area contributed by atoms with Gasteiger partial charge in [0, 0.05) is 9.35 Å². The van der Waals surface area contributed by atoms with Gasteiger partial charge in [0.25, 0.3) is 0 Å². The third-order valence-electron chi connectivity index (χ3n) is 3.39. The van der Waals surface area contributed by atoms with Crippen LogP contribution in [-0.2, 0) is 12.8 Å². The third kappa shape index (κ3) is 5.04. The van der Waals surface area contributed by atoms with Crippen molar-refractivity contribution in [1.29, 1.82) is 0 Å². The molecule has 0 saturated carbocycles. The summed E-state index contributed by atoms with van der Waals surface area (Å²) in [5, 5.41) is 5.74. The van der Waals surface area contributed by atoms with Gasteiger partial charge in [0.05, 0.1) is 0 Å². The molecule has 1 unspecified atom stereocenters. The molecule has 3 heteroatoms. The maximum Gasteiger partial charge on any atom is 0.0314 e. The van der Waals surface area contributed by atoms with Crippen LogP contribution in [0.2, 0.25) is 0 Å². The average molecular weight is 352 g/mol. The number of halogens is 1. The SMILES string of the molecule is CCCNCC(Cc1ccccc1)Cc1sccc1Br. The largest absolute Gasteiger partial charge is 0.316 e. The van der Waals surface area contributed by atoms with Crippen molar-refractivity contribution in [3.8, 4) is 0 Å². The van der Waals surface area contributed by atoms with E-state index in [9.17, 15) is 0 Å². The summed E-state index contributed by atoms with van der Waals surface area (Å²) in [7, 11) is 0. The standard InChI is InChI=1S/C17H22BrNS/c1-2-9-19-13-15(11-14-6-4-3-5-7-14)12-17-16(18)8-10-20-17/h3-8,10,15,19H,2,9,11-13H2,1H3. The molecule has 1 aromatic carbocycles. The summed E-state index contributed by atoms with van der Waals surface area (Å²) in [5.74, 6) is 0.652. The Morgan fingerprint density at radius 2 is 1.95 bits per heavy atom. The van der Waals surface area contributed by atoms with Gasteiger partial charge in [0.2, 0.25) is 0 Å². The summed E-state index contributed by atoms with van der Waals surface area (Å²) in [5.41, 5.74) is 1.43. The fourth-order valence-electron chi connectivity index (χ4n) is 2.38. The highest BCUT2D eigenvalue weighted by molar-refractivity contribution is 9.10. The number of benzene rings is 1. The molecule has 0 aliphatic rings. The van der Waals surface area contributed by atoms with Crippen molar-refractivity contribution in [3.05, 3.63) is 56.7 Å². The van der Waals surface area contributed by atoms with Crippen molar-refractivity contribution in [3.63, 3.8) is 0 Å². The van der Waals surface area contributed by atoms with Crippen LogP contribution >= 0.6 is 27.3 Å². The second kappa shape index (κ2) is 8.60. The van der Waals surface area contributed by atoms with Gasteiger partial charge in [-0.2, -0.15) is 0 Å². The van der Waals surface area contributed by atoms with Gasteiger partial charge >= 0.3 is 0 Å². The summed E-state index contributed by atoms with van der Waals surface area (Å²) >= 11 is 5.51. The fraction of sp³-hybridized carbons (Fsp3) is 0.412. The molecule has 0 bridgehead atoms. The lowest BCUT2D eigenvalue weighted by atomic mass is 9.95. The Kier molecular flexibility index (Phi) is 6.77. The van der Waals surface area contributed by atoms with E-state index in [-0.39, 0.29) is 0 Å². The smallest absolute Gasteiger partial charge is 0.0314 e. The van der Waals surface area contributed by atoms with Crippen molar-refractivity contribution in [2.75, 3.05) is 13.1 Å². The van der Waals surface area contributed by atoms with E-state index in [1.165, 1.54) is 21.3 Å². The third-order valence-corrected chi connectivity index (χ3v) is 5.34. The number of rotatable bonds is 8. The quantitative estimate of drug-likeness (QED) is 0.666. The van der Waals surface area contributed by atoms with Crippen LogP contribution in [0.5, 0.6) is 0 Å². The zero-order valence-corrected chi connectivity index (χ0v) is 14.3. The molecule has 1 atom stereocenters. The Hall–Kier alpha value is -0.640. The Balaban J connectivity index is 1.98. The molecular weight excluding hydrogens is 330 g/mol. The monoisotopic (exact) mass is 351 g/mol. The van der Waals surface area contributed by atoms with E-state index < -0.39 is 0 Å². The normalized spacial score (nSPS) is 12.5. The molecule has 0 amide bonds. The summed E-state index contributed by atoms with van der Waals surface area (Å²) < 4.78 is 1.26. The Labute approximate surface area is 134 Å². The van der Waals surface area contributed by atoms with Crippen LogP contribution in [0.25, 0.3) is 0 Å². The summed E-state index contributed by atoms with van der Waals surface area (Å²) in [6.45, 7) is 4.42. The highest BCUT2D eigenvalue weighted by Crippen LogP contribution is 2.26. The van der Waals surface area contributed by atoms with Crippen molar-refractivity contribution in [2.45, 2.75) is 26.2 Å². The minimum atomic E-state index is 0.652. The van der Waals surface area contributed by atoms with Crippen molar-refractivity contribution in [1.82, 2.24) is 5.32 Å². The van der Waals surface area contributed by atoms with Crippen LogP contribution in [-0.4, -0.2) is 13.1 Å². The van der Waals surface area contributed by atoms with Gasteiger partial charge in [-0.25, -0.2) is 0 Å². The molecule has 20 heavy (non-hydrogen) atoms. The maximum absolute atomic E-state index is 3.65. The van der Waals surface area contributed by atoms with E-state index in [0.717, 1.165) is 25.9 Å². The van der Waals surface area contributed by atoms with Crippen molar-refractivity contribution in [2.24, 2.45) is 5.92 Å². The van der Waals surface area contributed by atoms with E-state index in [2.05, 4.69) is 69.9 Å². The first-order valence-corrected chi connectivity index (χ1v) is 8.93. The number of hydrogen-bond acceptors (Lipinski definition) is 2. The van der Waals surface area contributed by atoms with Crippen LogP contribution < -0.4 is 5.32 Å². The van der Waals surface area contributed by atoms with E-state index in [1.54, 1.807) is 0 Å². The lowest BCUT2D eigenvalue weighted by Gasteiger charge is -2.17. The van der Waals surface area contributed by atoms with E-state index in [4.69, 9.17) is 0 Å². The molecular formula is C17H22BrNS. The average Bonchev–Trinajstić information content (AvgIpc) is 2.85. The van der Waals surface area contributed by atoms with Crippen molar-refractivity contribution < 1.29 is 0 Å². The maximum atomic E-state index is 3.65. The first kappa shape index (κ1) is 15.7. The topological polar surface area (TPSA) is 12.0 Å². The van der Waals surface area contributed by atoms with Crippen LogP contribution in [0.1, 0.15) is 23.8 Å². The van der Waals surface area contributed by atoms with Gasteiger partial charge in [-0.3, -0.25) is 0 Å². The van der Waals surface area contributed by atoms with Gasteiger partial charge in [-0.05, 0) is 71.2 Å². The molecule has 1 N–H and O–H groups in total. The number of nitrogens with one attached hydrogen (secondary N) is 1. The molecule has 0 saturated heterocycles. The van der Waals surface area contributed by atoms with Gasteiger partial charge in [0.1, 0.15) is 0 Å². The number of hydrogen-bond donors (Lipinski definition) is 1. The van der Waals surface area contributed by atoms with Crippen molar-refractivity contribution >= 4 is 27.3 Å². The summed E-state index contributed by atoms with van der Waals surface area (Å²) in [6.07, 6.45) is 3.48. The summed E-state index contributed by atoms with van der Waals surface area (Å²) in [4.78, 5) is 1.46. The van der Waals surface area contributed by atoms with Gasteiger partial charge < -0.3 is 5.32 Å². The molecule has 1 heterocycles. The molecule has 1 nitrogen and oxygen atoms in total. The molecule has 0 spiro atoms. The van der Waals surface area contributed by atoms with E-state index >= 15 is 0 Å². The minimum Gasteiger partial charge on any atom is -0.316 e. The first-order chi connectivity index (χ1) is 9.79. The van der Waals surface area contributed by atoms with E-state index in [1.807, 2.05) is 11.3 Å². The molecule has 0 aliphatic carbocycles.